The van der Waals surface area contributed by atoms with E-state index in [4.69, 9.17) is 14.2 Å². The molecular formula is C20H28FN7O3. The van der Waals surface area contributed by atoms with Gasteiger partial charge in [-0.15, -0.1) is 5.10 Å². The van der Waals surface area contributed by atoms with E-state index in [2.05, 4.69) is 25.5 Å². The third-order valence-corrected chi connectivity index (χ3v) is 4.96. The second kappa shape index (κ2) is 9.15. The van der Waals surface area contributed by atoms with Crippen LogP contribution in [0.1, 0.15) is 40.3 Å². The molecule has 31 heavy (non-hydrogen) atoms. The van der Waals surface area contributed by atoms with E-state index >= 15 is 0 Å². The van der Waals surface area contributed by atoms with Gasteiger partial charge >= 0.3 is 0 Å². The van der Waals surface area contributed by atoms with Gasteiger partial charge in [0.05, 0.1) is 24.9 Å². The molecular weight excluding hydrogens is 405 g/mol. The Morgan fingerprint density at radius 3 is 2.94 bits per heavy atom. The van der Waals surface area contributed by atoms with Crippen LogP contribution in [0.4, 0.5) is 10.3 Å². The van der Waals surface area contributed by atoms with Gasteiger partial charge in [-0.05, 0) is 34.1 Å². The van der Waals surface area contributed by atoms with Crippen molar-refractivity contribution >= 4 is 11.6 Å². The normalized spacial score (nSPS) is 20.3. The van der Waals surface area contributed by atoms with E-state index in [0.29, 0.717) is 42.7 Å². The van der Waals surface area contributed by atoms with Crippen molar-refractivity contribution < 1.29 is 18.6 Å². The lowest BCUT2D eigenvalue weighted by Gasteiger charge is -2.26. The van der Waals surface area contributed by atoms with Crippen molar-refractivity contribution in [2.75, 3.05) is 25.1 Å². The lowest BCUT2D eigenvalue weighted by Crippen LogP contribution is -2.39. The number of nitrogens with one attached hydrogen (secondary N) is 1. The number of aromatic nitrogens is 6. The van der Waals surface area contributed by atoms with Crippen molar-refractivity contribution in [2.24, 2.45) is 0 Å². The van der Waals surface area contributed by atoms with E-state index in [1.807, 2.05) is 33.9 Å². The van der Waals surface area contributed by atoms with Gasteiger partial charge in [0.2, 0.25) is 11.6 Å². The van der Waals surface area contributed by atoms with Gasteiger partial charge in [0.1, 0.15) is 24.4 Å². The Morgan fingerprint density at radius 2 is 2.19 bits per heavy atom. The second-order valence-corrected chi connectivity index (χ2v) is 7.69. The van der Waals surface area contributed by atoms with E-state index in [1.54, 1.807) is 17.2 Å². The quantitative estimate of drug-likeness (QED) is 0.579. The number of fused-ring (bicyclic) bond motifs is 1. The molecule has 11 heteroatoms. The molecule has 1 aliphatic heterocycles. The summed E-state index contributed by atoms with van der Waals surface area (Å²) in [6.07, 6.45) is 4.27. The standard InChI is InChI=1S/C20H28FN7O3/c1-5-30-13(4)27-9-14(8-23-27)17-18(31-12(2)3)19-25-20(26-28(19)11-22-17)24-16-6-7-29-10-15(16)21/h8-9,11-13,15-16H,5-7,10H2,1-4H3,(H,24,26)/t13?,15-,16+/m1/s1. The summed E-state index contributed by atoms with van der Waals surface area (Å²) < 4.78 is 34.2. The summed E-state index contributed by atoms with van der Waals surface area (Å²) >= 11 is 0. The first-order valence-corrected chi connectivity index (χ1v) is 10.5. The summed E-state index contributed by atoms with van der Waals surface area (Å²) in [4.78, 5) is 9.11. The smallest absolute Gasteiger partial charge is 0.243 e. The van der Waals surface area contributed by atoms with Gasteiger partial charge in [-0.2, -0.15) is 14.6 Å². The van der Waals surface area contributed by atoms with Crippen LogP contribution in [0, 0.1) is 0 Å². The van der Waals surface area contributed by atoms with Crippen molar-refractivity contribution in [3.63, 3.8) is 0 Å². The van der Waals surface area contributed by atoms with Gasteiger partial charge < -0.3 is 19.5 Å². The molecule has 0 aromatic carbocycles. The topological polar surface area (TPSA) is 101 Å². The molecule has 0 bridgehead atoms. The van der Waals surface area contributed by atoms with Crippen molar-refractivity contribution in [3.05, 3.63) is 18.7 Å². The molecule has 0 saturated carbocycles. The fraction of sp³-hybridized carbons (Fsp3) is 0.600. The number of ether oxygens (including phenoxy) is 3. The monoisotopic (exact) mass is 433 g/mol. The number of halogens is 1. The predicted octanol–water partition coefficient (Wildman–Crippen LogP) is 2.87. The maximum Gasteiger partial charge on any atom is 0.243 e. The van der Waals surface area contributed by atoms with Gasteiger partial charge in [0.15, 0.2) is 5.75 Å². The van der Waals surface area contributed by atoms with Crippen molar-refractivity contribution in [2.45, 2.75) is 58.7 Å². The summed E-state index contributed by atoms with van der Waals surface area (Å²) in [7, 11) is 0. The van der Waals surface area contributed by atoms with Gasteiger partial charge in [-0.25, -0.2) is 14.1 Å². The molecule has 4 heterocycles. The molecule has 0 aliphatic carbocycles. The average molecular weight is 433 g/mol. The first-order valence-electron chi connectivity index (χ1n) is 10.5. The minimum atomic E-state index is -1.11. The Labute approximate surface area is 179 Å². The van der Waals surface area contributed by atoms with Crippen molar-refractivity contribution in [1.29, 1.82) is 0 Å². The molecule has 3 aromatic rings. The Bertz CT molecular complexity index is 1020. The van der Waals surface area contributed by atoms with E-state index < -0.39 is 12.2 Å². The van der Waals surface area contributed by atoms with Crippen LogP contribution in [-0.2, 0) is 9.47 Å². The van der Waals surface area contributed by atoms with E-state index in [9.17, 15) is 4.39 Å². The highest BCUT2D eigenvalue weighted by Crippen LogP contribution is 2.33. The SMILES string of the molecule is CCOC(C)n1cc(-c2ncn3nc(N[C@H]4CCOC[C@H]4F)nc3c2OC(C)C)cn1. The number of hydrogen-bond donors (Lipinski definition) is 1. The molecule has 1 aliphatic rings. The number of anilines is 1. The van der Waals surface area contributed by atoms with Crippen LogP contribution in [0.2, 0.25) is 0 Å². The first kappa shape index (κ1) is 21.4. The minimum Gasteiger partial charge on any atom is -0.485 e. The Morgan fingerprint density at radius 1 is 1.35 bits per heavy atom. The highest BCUT2D eigenvalue weighted by atomic mass is 19.1. The highest BCUT2D eigenvalue weighted by Gasteiger charge is 2.27. The van der Waals surface area contributed by atoms with Crippen LogP contribution < -0.4 is 10.1 Å². The lowest BCUT2D eigenvalue weighted by atomic mass is 10.1. The van der Waals surface area contributed by atoms with Gasteiger partial charge in [-0.3, -0.25) is 0 Å². The molecule has 0 radical (unpaired) electrons. The Balaban J connectivity index is 1.69. The minimum absolute atomic E-state index is 0.0720. The average Bonchev–Trinajstić information content (AvgIpc) is 3.37. The summed E-state index contributed by atoms with van der Waals surface area (Å²) in [6.45, 7) is 8.88. The summed E-state index contributed by atoms with van der Waals surface area (Å²) in [5, 5.41) is 11.9. The van der Waals surface area contributed by atoms with E-state index in [0.717, 1.165) is 5.56 Å². The van der Waals surface area contributed by atoms with E-state index in [-0.39, 0.29) is 18.9 Å². The van der Waals surface area contributed by atoms with Crippen LogP contribution in [0.3, 0.4) is 0 Å². The zero-order valence-electron chi connectivity index (χ0n) is 18.2. The Kier molecular flexibility index (Phi) is 6.33. The molecule has 10 nitrogen and oxygen atoms in total. The molecule has 168 valence electrons. The largest absolute Gasteiger partial charge is 0.485 e. The van der Waals surface area contributed by atoms with Gasteiger partial charge in [-0.1, -0.05) is 0 Å². The molecule has 1 fully saturated rings. The van der Waals surface area contributed by atoms with Gasteiger partial charge in [0, 0.05) is 25.0 Å². The predicted molar refractivity (Wildman–Crippen MR) is 112 cm³/mol. The molecule has 1 saturated heterocycles. The zero-order valence-corrected chi connectivity index (χ0v) is 18.2. The molecule has 0 spiro atoms. The molecule has 3 atom stereocenters. The van der Waals surface area contributed by atoms with Crippen molar-refractivity contribution in [3.8, 4) is 17.0 Å². The first-order chi connectivity index (χ1) is 15.0. The van der Waals surface area contributed by atoms with Crippen LogP contribution in [-0.4, -0.2) is 67.5 Å². The second-order valence-electron chi connectivity index (χ2n) is 7.69. The van der Waals surface area contributed by atoms with Crippen LogP contribution >= 0.6 is 0 Å². The summed E-state index contributed by atoms with van der Waals surface area (Å²) in [5.41, 5.74) is 1.87. The number of rotatable bonds is 8. The fourth-order valence-electron chi connectivity index (χ4n) is 3.45. The maximum absolute atomic E-state index is 14.1. The number of nitrogens with zero attached hydrogens (tertiary/aromatic N) is 6. The van der Waals surface area contributed by atoms with Crippen LogP contribution in [0.25, 0.3) is 16.9 Å². The highest BCUT2D eigenvalue weighted by molar-refractivity contribution is 5.74. The van der Waals surface area contributed by atoms with Crippen LogP contribution in [0.15, 0.2) is 18.7 Å². The molecule has 0 amide bonds. The Hall–Kier alpha value is -2.79. The molecule has 1 N–H and O–H groups in total. The third kappa shape index (κ3) is 4.62. The molecule has 3 aromatic heterocycles. The summed E-state index contributed by atoms with van der Waals surface area (Å²) in [6, 6.07) is -0.397. The van der Waals surface area contributed by atoms with Crippen LogP contribution in [0.5, 0.6) is 5.75 Å². The zero-order chi connectivity index (χ0) is 22.0. The molecule has 4 rings (SSSR count). The fourth-order valence-corrected chi connectivity index (χ4v) is 3.45. The number of hydrogen-bond acceptors (Lipinski definition) is 8. The summed E-state index contributed by atoms with van der Waals surface area (Å²) in [5.74, 6) is 0.813. The van der Waals surface area contributed by atoms with Crippen molar-refractivity contribution in [1.82, 2.24) is 29.4 Å². The van der Waals surface area contributed by atoms with Gasteiger partial charge in [0.25, 0.3) is 0 Å². The third-order valence-electron chi connectivity index (χ3n) is 4.96. The maximum atomic E-state index is 14.1. The van der Waals surface area contributed by atoms with E-state index in [1.165, 1.54) is 4.52 Å². The lowest BCUT2D eigenvalue weighted by molar-refractivity contribution is 0.0160. The molecule has 1 unspecified atom stereocenters. The number of alkyl halides is 1.